The van der Waals surface area contributed by atoms with E-state index >= 15 is 0 Å². The van der Waals surface area contributed by atoms with Crippen LogP contribution in [0.25, 0.3) is 16.7 Å². The summed E-state index contributed by atoms with van der Waals surface area (Å²) in [6.07, 6.45) is 2.27. The molecule has 2 heterocycles. The van der Waals surface area contributed by atoms with Crippen LogP contribution >= 0.6 is 31.9 Å². The van der Waals surface area contributed by atoms with Crippen LogP contribution in [0.2, 0.25) is 0 Å². The third-order valence-corrected chi connectivity index (χ3v) is 5.81. The molecule has 1 aromatic heterocycles. The van der Waals surface area contributed by atoms with Gasteiger partial charge in [-0.3, -0.25) is 4.57 Å². The fourth-order valence-electron chi connectivity index (χ4n) is 3.54. The minimum atomic E-state index is 0.0600. The lowest BCUT2D eigenvalue weighted by Crippen LogP contribution is -2.19. The zero-order valence-electron chi connectivity index (χ0n) is 14.2. The second kappa shape index (κ2) is 6.66. The molecular weight excluding hydrogens is 466 g/mol. The minimum Gasteiger partial charge on any atom is -0.325 e. The number of nitrogens with zero attached hydrogens (tertiary/aromatic N) is 2. The molecular formula is C22H15Br2N3. The summed E-state index contributed by atoms with van der Waals surface area (Å²) >= 11 is 7.12. The molecule has 5 heteroatoms. The minimum absolute atomic E-state index is 0.0600. The molecule has 0 aliphatic carbocycles. The van der Waals surface area contributed by atoms with E-state index in [0.29, 0.717) is 0 Å². The highest BCUT2D eigenvalue weighted by Gasteiger charge is 2.25. The second-order valence-electron chi connectivity index (χ2n) is 6.51. The van der Waals surface area contributed by atoms with Crippen molar-refractivity contribution in [3.05, 3.63) is 98.9 Å². The van der Waals surface area contributed by atoms with Crippen LogP contribution in [-0.4, -0.2) is 9.55 Å². The Bertz CT molecular complexity index is 1180. The van der Waals surface area contributed by atoms with E-state index in [1.165, 1.54) is 5.56 Å². The zero-order chi connectivity index (χ0) is 18.4. The third-order valence-electron chi connectivity index (χ3n) is 4.79. The van der Waals surface area contributed by atoms with Gasteiger partial charge in [-0.1, -0.05) is 68.3 Å². The SMILES string of the molecule is Brc1ccc(C2=C[C@@H](c3cccc(Br)c3)n3c(nc4ccccc43)N2)cc1. The van der Waals surface area contributed by atoms with Gasteiger partial charge in [0.05, 0.1) is 17.1 Å². The lowest BCUT2D eigenvalue weighted by Gasteiger charge is -2.26. The number of para-hydroxylation sites is 2. The van der Waals surface area contributed by atoms with Gasteiger partial charge >= 0.3 is 0 Å². The highest BCUT2D eigenvalue weighted by Crippen LogP contribution is 2.37. The maximum Gasteiger partial charge on any atom is 0.209 e. The van der Waals surface area contributed by atoms with Crippen molar-refractivity contribution in [2.45, 2.75) is 6.04 Å². The molecule has 0 amide bonds. The third kappa shape index (κ3) is 3.01. The summed E-state index contributed by atoms with van der Waals surface area (Å²) < 4.78 is 4.40. The summed E-state index contributed by atoms with van der Waals surface area (Å²) in [7, 11) is 0. The quantitative estimate of drug-likeness (QED) is 0.349. The molecule has 1 N–H and O–H groups in total. The van der Waals surface area contributed by atoms with Crippen molar-refractivity contribution in [3.63, 3.8) is 0 Å². The largest absolute Gasteiger partial charge is 0.325 e. The predicted octanol–water partition coefficient (Wildman–Crippen LogP) is 6.62. The van der Waals surface area contributed by atoms with Crippen LogP contribution in [0.1, 0.15) is 17.2 Å². The van der Waals surface area contributed by atoms with Crippen LogP contribution in [0.15, 0.2) is 87.8 Å². The summed E-state index contributed by atoms with van der Waals surface area (Å²) in [4.78, 5) is 4.83. The maximum atomic E-state index is 4.83. The molecule has 132 valence electrons. The molecule has 0 radical (unpaired) electrons. The van der Waals surface area contributed by atoms with E-state index in [1.54, 1.807) is 0 Å². The Hall–Kier alpha value is -2.37. The fraction of sp³-hybridized carbons (Fsp3) is 0.0455. The number of anilines is 1. The van der Waals surface area contributed by atoms with Crippen LogP contribution in [0.4, 0.5) is 5.95 Å². The molecule has 1 aliphatic rings. The Morgan fingerprint density at radius 3 is 2.48 bits per heavy atom. The van der Waals surface area contributed by atoms with Crippen molar-refractivity contribution in [1.82, 2.24) is 9.55 Å². The van der Waals surface area contributed by atoms with Crippen LogP contribution in [0.5, 0.6) is 0 Å². The van der Waals surface area contributed by atoms with E-state index < -0.39 is 0 Å². The Labute approximate surface area is 174 Å². The Balaban J connectivity index is 1.72. The van der Waals surface area contributed by atoms with Gasteiger partial charge in [0.2, 0.25) is 5.95 Å². The molecule has 0 fully saturated rings. The molecule has 3 nitrogen and oxygen atoms in total. The Morgan fingerprint density at radius 1 is 0.852 bits per heavy atom. The van der Waals surface area contributed by atoms with Crippen molar-refractivity contribution in [2.75, 3.05) is 5.32 Å². The first-order valence-corrected chi connectivity index (χ1v) is 10.2. The molecule has 27 heavy (non-hydrogen) atoms. The first-order chi connectivity index (χ1) is 13.2. The molecule has 0 unspecified atom stereocenters. The van der Waals surface area contributed by atoms with Gasteiger partial charge in [-0.2, -0.15) is 0 Å². The number of nitrogens with one attached hydrogen (secondary N) is 1. The average molecular weight is 481 g/mol. The second-order valence-corrected chi connectivity index (χ2v) is 8.34. The van der Waals surface area contributed by atoms with Crippen molar-refractivity contribution in [3.8, 4) is 0 Å². The molecule has 3 aromatic carbocycles. The number of fused-ring (bicyclic) bond motifs is 3. The van der Waals surface area contributed by atoms with Crippen LogP contribution in [0.3, 0.4) is 0 Å². The summed E-state index contributed by atoms with van der Waals surface area (Å²) in [5.41, 5.74) is 5.53. The number of hydrogen-bond donors (Lipinski definition) is 1. The van der Waals surface area contributed by atoms with E-state index in [0.717, 1.165) is 37.2 Å². The van der Waals surface area contributed by atoms with Crippen LogP contribution in [-0.2, 0) is 0 Å². The molecule has 0 saturated heterocycles. The number of rotatable bonds is 2. The predicted molar refractivity (Wildman–Crippen MR) is 118 cm³/mol. The number of benzene rings is 3. The number of hydrogen-bond acceptors (Lipinski definition) is 2. The van der Waals surface area contributed by atoms with E-state index in [1.807, 2.05) is 6.07 Å². The first-order valence-electron chi connectivity index (χ1n) is 8.66. The van der Waals surface area contributed by atoms with Crippen molar-refractivity contribution in [1.29, 1.82) is 0 Å². The topological polar surface area (TPSA) is 29.9 Å². The van der Waals surface area contributed by atoms with Gasteiger partial charge in [-0.05, 0) is 53.6 Å². The van der Waals surface area contributed by atoms with Gasteiger partial charge in [0, 0.05) is 14.6 Å². The summed E-state index contributed by atoms with van der Waals surface area (Å²) in [6, 6.07) is 25.1. The van der Waals surface area contributed by atoms with Crippen molar-refractivity contribution in [2.24, 2.45) is 0 Å². The summed E-state index contributed by atoms with van der Waals surface area (Å²) in [5.74, 6) is 0.863. The van der Waals surface area contributed by atoms with E-state index in [9.17, 15) is 0 Å². The normalized spacial score (nSPS) is 15.9. The molecule has 0 saturated carbocycles. The Kier molecular flexibility index (Phi) is 4.14. The number of imidazole rings is 1. The van der Waals surface area contributed by atoms with Gasteiger partial charge in [0.15, 0.2) is 0 Å². The summed E-state index contributed by atoms with van der Waals surface area (Å²) in [6.45, 7) is 0. The van der Waals surface area contributed by atoms with Crippen LogP contribution in [0, 0.1) is 0 Å². The molecule has 1 atom stereocenters. The van der Waals surface area contributed by atoms with Crippen molar-refractivity contribution >= 4 is 54.5 Å². The molecule has 0 spiro atoms. The number of allylic oxidation sites excluding steroid dienone is 1. The van der Waals surface area contributed by atoms with Gasteiger partial charge in [-0.25, -0.2) is 4.98 Å². The number of halogens is 2. The molecule has 4 aromatic rings. The molecule has 1 aliphatic heterocycles. The Morgan fingerprint density at radius 2 is 1.67 bits per heavy atom. The van der Waals surface area contributed by atoms with E-state index in [-0.39, 0.29) is 6.04 Å². The van der Waals surface area contributed by atoms with Gasteiger partial charge in [0.25, 0.3) is 0 Å². The number of aromatic nitrogens is 2. The highest BCUT2D eigenvalue weighted by molar-refractivity contribution is 9.10. The van der Waals surface area contributed by atoms with Gasteiger partial charge in [-0.15, -0.1) is 0 Å². The lowest BCUT2D eigenvalue weighted by molar-refractivity contribution is 0.720. The van der Waals surface area contributed by atoms with Crippen molar-refractivity contribution < 1.29 is 0 Å². The van der Waals surface area contributed by atoms with E-state index in [4.69, 9.17) is 4.98 Å². The smallest absolute Gasteiger partial charge is 0.209 e. The molecule has 5 rings (SSSR count). The standard InChI is InChI=1S/C22H15Br2N3/c23-16-10-8-14(9-11-16)19-13-21(15-4-3-5-17(24)12-15)27-20-7-2-1-6-18(20)25-22(27)26-19/h1-13,21H,(H,25,26)/t21-/m0/s1. The molecule has 0 bridgehead atoms. The monoisotopic (exact) mass is 479 g/mol. The highest BCUT2D eigenvalue weighted by atomic mass is 79.9. The van der Waals surface area contributed by atoms with Gasteiger partial charge in [0.1, 0.15) is 0 Å². The fourth-order valence-corrected chi connectivity index (χ4v) is 4.22. The zero-order valence-corrected chi connectivity index (χ0v) is 17.4. The first kappa shape index (κ1) is 16.8. The lowest BCUT2D eigenvalue weighted by atomic mass is 10.0. The summed E-state index contributed by atoms with van der Waals surface area (Å²) in [5, 5.41) is 3.52. The van der Waals surface area contributed by atoms with E-state index in [2.05, 4.69) is 115 Å². The average Bonchev–Trinajstić information content (AvgIpc) is 3.06. The maximum absolute atomic E-state index is 4.83. The van der Waals surface area contributed by atoms with Gasteiger partial charge < -0.3 is 5.32 Å². The van der Waals surface area contributed by atoms with Crippen LogP contribution < -0.4 is 5.32 Å².